The summed E-state index contributed by atoms with van der Waals surface area (Å²) < 4.78 is 40.4. The minimum absolute atomic E-state index is 0.0618. The van der Waals surface area contributed by atoms with Gasteiger partial charge in [0.25, 0.3) is 0 Å². The van der Waals surface area contributed by atoms with Crippen LogP contribution in [0, 0.1) is 11.7 Å². The van der Waals surface area contributed by atoms with Gasteiger partial charge < -0.3 is 0 Å². The lowest BCUT2D eigenvalue weighted by Gasteiger charge is -2.22. The Morgan fingerprint density at radius 1 is 1.32 bits per heavy atom. The first-order valence-electron chi connectivity index (χ1n) is 6.29. The minimum atomic E-state index is -3.64. The number of sulfonamides is 1. The zero-order valence-electron chi connectivity index (χ0n) is 11.3. The highest BCUT2D eigenvalue weighted by molar-refractivity contribution is 9.10. The SMILES string of the molecule is CCC(CC)C(C)NS(=O)(=O)c1ccc(F)cc1Br. The summed E-state index contributed by atoms with van der Waals surface area (Å²) in [4.78, 5) is 0.0618. The van der Waals surface area contributed by atoms with Crippen LogP contribution in [-0.4, -0.2) is 14.5 Å². The van der Waals surface area contributed by atoms with Gasteiger partial charge >= 0.3 is 0 Å². The second-order valence-electron chi connectivity index (χ2n) is 4.56. The second kappa shape index (κ2) is 6.81. The van der Waals surface area contributed by atoms with Gasteiger partial charge in [-0.2, -0.15) is 0 Å². The Morgan fingerprint density at radius 2 is 1.89 bits per heavy atom. The van der Waals surface area contributed by atoms with E-state index in [1.807, 2.05) is 20.8 Å². The molecule has 0 fully saturated rings. The fourth-order valence-corrected chi connectivity index (χ4v) is 4.46. The van der Waals surface area contributed by atoms with Gasteiger partial charge in [0.1, 0.15) is 5.82 Å². The first-order chi connectivity index (χ1) is 8.81. The number of benzene rings is 1. The highest BCUT2D eigenvalue weighted by atomic mass is 79.9. The zero-order chi connectivity index (χ0) is 14.6. The van der Waals surface area contributed by atoms with Crippen LogP contribution >= 0.6 is 15.9 Å². The van der Waals surface area contributed by atoms with E-state index in [1.54, 1.807) is 0 Å². The third-order valence-electron chi connectivity index (χ3n) is 3.28. The molecule has 0 aromatic heterocycles. The maximum atomic E-state index is 13.0. The molecule has 0 bridgehead atoms. The van der Waals surface area contributed by atoms with Crippen molar-refractivity contribution in [2.45, 2.75) is 44.6 Å². The molecule has 0 heterocycles. The summed E-state index contributed by atoms with van der Waals surface area (Å²) in [6.07, 6.45) is 1.82. The van der Waals surface area contributed by atoms with Gasteiger partial charge in [-0.3, -0.25) is 0 Å². The molecule has 0 saturated carbocycles. The van der Waals surface area contributed by atoms with E-state index in [2.05, 4.69) is 20.7 Å². The molecule has 0 radical (unpaired) electrons. The van der Waals surface area contributed by atoms with E-state index in [4.69, 9.17) is 0 Å². The lowest BCUT2D eigenvalue weighted by atomic mass is 9.96. The average Bonchev–Trinajstić information content (AvgIpc) is 2.29. The Morgan fingerprint density at radius 3 is 2.37 bits per heavy atom. The lowest BCUT2D eigenvalue weighted by molar-refractivity contribution is 0.390. The van der Waals surface area contributed by atoms with Gasteiger partial charge in [0.05, 0.1) is 4.90 Å². The molecule has 0 aliphatic carbocycles. The van der Waals surface area contributed by atoms with Crippen molar-refractivity contribution < 1.29 is 12.8 Å². The molecule has 108 valence electrons. The van der Waals surface area contributed by atoms with Gasteiger partial charge in [0.2, 0.25) is 10.0 Å². The van der Waals surface area contributed by atoms with Crippen molar-refractivity contribution in [1.29, 1.82) is 0 Å². The van der Waals surface area contributed by atoms with Crippen LogP contribution in [-0.2, 0) is 10.0 Å². The molecule has 19 heavy (non-hydrogen) atoms. The van der Waals surface area contributed by atoms with E-state index in [9.17, 15) is 12.8 Å². The topological polar surface area (TPSA) is 46.2 Å². The number of rotatable bonds is 6. The van der Waals surface area contributed by atoms with Crippen molar-refractivity contribution in [3.8, 4) is 0 Å². The minimum Gasteiger partial charge on any atom is -0.208 e. The Labute approximate surface area is 122 Å². The molecule has 0 saturated heterocycles. The molecule has 1 rings (SSSR count). The predicted octanol–water partition coefficient (Wildman–Crippen LogP) is 3.69. The van der Waals surface area contributed by atoms with Crippen molar-refractivity contribution in [2.75, 3.05) is 0 Å². The van der Waals surface area contributed by atoms with Crippen LogP contribution < -0.4 is 4.72 Å². The molecule has 1 aromatic rings. The van der Waals surface area contributed by atoms with Gasteiger partial charge in [-0.1, -0.05) is 26.7 Å². The molecule has 0 aliphatic heterocycles. The van der Waals surface area contributed by atoms with E-state index in [0.717, 1.165) is 25.0 Å². The molecule has 0 spiro atoms. The van der Waals surface area contributed by atoms with E-state index in [0.29, 0.717) is 0 Å². The van der Waals surface area contributed by atoms with Crippen LogP contribution in [0.5, 0.6) is 0 Å². The maximum absolute atomic E-state index is 13.0. The van der Waals surface area contributed by atoms with Crippen LogP contribution in [0.15, 0.2) is 27.6 Å². The first kappa shape index (κ1) is 16.6. The van der Waals surface area contributed by atoms with Crippen molar-refractivity contribution >= 4 is 26.0 Å². The third-order valence-corrected chi connectivity index (χ3v) is 5.82. The van der Waals surface area contributed by atoms with Crippen molar-refractivity contribution in [3.05, 3.63) is 28.5 Å². The summed E-state index contributed by atoms with van der Waals surface area (Å²) in [5, 5.41) is 0. The Bertz CT molecular complexity index is 529. The second-order valence-corrected chi connectivity index (χ2v) is 7.10. The van der Waals surface area contributed by atoms with Crippen LogP contribution in [0.2, 0.25) is 0 Å². The fraction of sp³-hybridized carbons (Fsp3) is 0.538. The van der Waals surface area contributed by atoms with E-state index in [-0.39, 0.29) is 21.3 Å². The van der Waals surface area contributed by atoms with Gasteiger partial charge in [-0.15, -0.1) is 0 Å². The summed E-state index contributed by atoms with van der Waals surface area (Å²) in [6.45, 7) is 5.92. The quantitative estimate of drug-likeness (QED) is 0.849. The Kier molecular flexibility index (Phi) is 5.95. The summed E-state index contributed by atoms with van der Waals surface area (Å²) in [5.41, 5.74) is 0. The highest BCUT2D eigenvalue weighted by Gasteiger charge is 2.23. The molecule has 0 aliphatic rings. The number of nitrogens with one attached hydrogen (secondary N) is 1. The van der Waals surface area contributed by atoms with Gasteiger partial charge in [0.15, 0.2) is 0 Å². The van der Waals surface area contributed by atoms with Crippen LogP contribution in [0.4, 0.5) is 4.39 Å². The summed E-state index contributed by atoms with van der Waals surface area (Å²) in [5.74, 6) is -0.187. The normalized spacial score (nSPS) is 13.8. The molecule has 1 atom stereocenters. The zero-order valence-corrected chi connectivity index (χ0v) is 13.7. The lowest BCUT2D eigenvalue weighted by Crippen LogP contribution is -2.37. The van der Waals surface area contributed by atoms with E-state index < -0.39 is 15.8 Å². The van der Waals surface area contributed by atoms with Gasteiger partial charge in [0, 0.05) is 10.5 Å². The van der Waals surface area contributed by atoms with Crippen molar-refractivity contribution in [3.63, 3.8) is 0 Å². The Balaban J connectivity index is 2.98. The van der Waals surface area contributed by atoms with Gasteiger partial charge in [-0.25, -0.2) is 17.5 Å². The molecule has 0 amide bonds. The van der Waals surface area contributed by atoms with Crippen LogP contribution in [0.25, 0.3) is 0 Å². The third kappa shape index (κ3) is 4.26. The smallest absolute Gasteiger partial charge is 0.208 e. The molecule has 6 heteroatoms. The number of halogens is 2. The Hall–Kier alpha value is -0.460. The largest absolute Gasteiger partial charge is 0.241 e. The average molecular weight is 352 g/mol. The summed E-state index contributed by atoms with van der Waals surface area (Å²) >= 11 is 3.08. The molecule has 3 nitrogen and oxygen atoms in total. The van der Waals surface area contributed by atoms with Crippen molar-refractivity contribution in [2.24, 2.45) is 5.92 Å². The van der Waals surface area contributed by atoms with Crippen LogP contribution in [0.3, 0.4) is 0 Å². The number of hydrogen-bond donors (Lipinski definition) is 1. The standard InChI is InChI=1S/C13H19BrFNO2S/c1-4-10(5-2)9(3)16-19(17,18)13-7-6-11(15)8-12(13)14/h6-10,16H,4-5H2,1-3H3. The highest BCUT2D eigenvalue weighted by Crippen LogP contribution is 2.24. The monoisotopic (exact) mass is 351 g/mol. The maximum Gasteiger partial charge on any atom is 0.241 e. The van der Waals surface area contributed by atoms with E-state index in [1.165, 1.54) is 6.07 Å². The molecule has 1 N–H and O–H groups in total. The van der Waals surface area contributed by atoms with Crippen LogP contribution in [0.1, 0.15) is 33.6 Å². The summed E-state index contributed by atoms with van der Waals surface area (Å²) in [6, 6.07) is 3.40. The summed E-state index contributed by atoms with van der Waals surface area (Å²) in [7, 11) is -3.64. The molecular formula is C13H19BrFNO2S. The molecular weight excluding hydrogens is 333 g/mol. The van der Waals surface area contributed by atoms with Gasteiger partial charge in [-0.05, 0) is 47.0 Å². The predicted molar refractivity (Wildman–Crippen MR) is 78.0 cm³/mol. The van der Waals surface area contributed by atoms with Crippen molar-refractivity contribution in [1.82, 2.24) is 4.72 Å². The first-order valence-corrected chi connectivity index (χ1v) is 8.56. The number of hydrogen-bond acceptors (Lipinski definition) is 2. The fourth-order valence-electron chi connectivity index (χ4n) is 2.09. The van der Waals surface area contributed by atoms with E-state index >= 15 is 0 Å². The molecule has 1 unspecified atom stereocenters. The molecule has 1 aromatic carbocycles.